The molecule has 0 radical (unpaired) electrons. The van der Waals surface area contributed by atoms with Gasteiger partial charge in [-0.25, -0.2) is 9.97 Å². The minimum Gasteiger partial charge on any atom is -0.475 e. The Morgan fingerprint density at radius 2 is 2.14 bits per heavy atom. The molecule has 0 aliphatic heterocycles. The number of ether oxygens (including phenoxy) is 1. The third-order valence-electron chi connectivity index (χ3n) is 2.77. The quantitative estimate of drug-likeness (QED) is 0.912. The largest absolute Gasteiger partial charge is 0.475 e. The molecule has 0 atom stereocenters. The third-order valence-corrected chi connectivity index (χ3v) is 2.77. The lowest BCUT2D eigenvalue weighted by Crippen LogP contribution is -2.08. The third kappa shape index (κ3) is 4.18. The first-order valence-corrected chi connectivity index (χ1v) is 6.81. The summed E-state index contributed by atoms with van der Waals surface area (Å²) in [6.45, 7) is 6.38. The van der Waals surface area contributed by atoms with Crippen LogP contribution in [-0.2, 0) is 6.54 Å². The SMILES string of the molecule is Cc1ccc(C#N)c(NCc2ccnc(OC(C)C)c2)n1. The second-order valence-corrected chi connectivity index (χ2v) is 4.98. The number of hydrogen-bond acceptors (Lipinski definition) is 5. The lowest BCUT2D eigenvalue weighted by atomic mass is 10.2. The van der Waals surface area contributed by atoms with Crippen molar-refractivity contribution < 1.29 is 4.74 Å². The fraction of sp³-hybridized carbons (Fsp3) is 0.312. The molecule has 2 aromatic rings. The van der Waals surface area contributed by atoms with E-state index in [0.717, 1.165) is 11.3 Å². The van der Waals surface area contributed by atoms with Gasteiger partial charge in [0.05, 0.1) is 11.7 Å². The summed E-state index contributed by atoms with van der Waals surface area (Å²) in [7, 11) is 0. The minimum absolute atomic E-state index is 0.0874. The van der Waals surface area contributed by atoms with Crippen molar-refractivity contribution >= 4 is 5.82 Å². The average Bonchev–Trinajstić information content (AvgIpc) is 2.45. The van der Waals surface area contributed by atoms with Crippen LogP contribution in [0, 0.1) is 18.3 Å². The second-order valence-electron chi connectivity index (χ2n) is 4.98. The molecule has 0 spiro atoms. The van der Waals surface area contributed by atoms with E-state index in [1.807, 2.05) is 39.0 Å². The predicted molar refractivity (Wildman–Crippen MR) is 81.0 cm³/mol. The number of aryl methyl sites for hydroxylation is 1. The zero-order chi connectivity index (χ0) is 15.2. The molecule has 0 saturated heterocycles. The van der Waals surface area contributed by atoms with Gasteiger partial charge in [0.1, 0.15) is 11.9 Å². The number of hydrogen-bond donors (Lipinski definition) is 1. The Balaban J connectivity index is 2.10. The molecule has 108 valence electrons. The smallest absolute Gasteiger partial charge is 0.213 e. The first-order chi connectivity index (χ1) is 10.1. The normalized spacial score (nSPS) is 10.2. The highest BCUT2D eigenvalue weighted by molar-refractivity contribution is 5.52. The molecule has 0 fully saturated rings. The fourth-order valence-electron chi connectivity index (χ4n) is 1.83. The van der Waals surface area contributed by atoms with Crippen LogP contribution in [0.2, 0.25) is 0 Å². The monoisotopic (exact) mass is 282 g/mol. The van der Waals surface area contributed by atoms with Crippen molar-refractivity contribution in [3.63, 3.8) is 0 Å². The van der Waals surface area contributed by atoms with Crippen molar-refractivity contribution in [3.8, 4) is 11.9 Å². The number of nitriles is 1. The van der Waals surface area contributed by atoms with E-state index in [4.69, 9.17) is 10.00 Å². The number of pyridine rings is 2. The van der Waals surface area contributed by atoms with Gasteiger partial charge >= 0.3 is 0 Å². The first kappa shape index (κ1) is 14.8. The van der Waals surface area contributed by atoms with Gasteiger partial charge in [-0.1, -0.05) is 0 Å². The average molecular weight is 282 g/mol. The lowest BCUT2D eigenvalue weighted by molar-refractivity contribution is 0.232. The maximum atomic E-state index is 9.09. The van der Waals surface area contributed by atoms with E-state index >= 15 is 0 Å². The van der Waals surface area contributed by atoms with Crippen LogP contribution in [0.5, 0.6) is 5.88 Å². The molecule has 0 unspecified atom stereocenters. The molecule has 0 aliphatic rings. The van der Waals surface area contributed by atoms with Crippen molar-refractivity contribution in [1.82, 2.24) is 9.97 Å². The molecule has 5 heteroatoms. The van der Waals surface area contributed by atoms with Crippen LogP contribution in [0.3, 0.4) is 0 Å². The van der Waals surface area contributed by atoms with Crippen LogP contribution in [0.1, 0.15) is 30.7 Å². The molecular formula is C16H18N4O. The van der Waals surface area contributed by atoms with Crippen molar-refractivity contribution in [2.75, 3.05) is 5.32 Å². The van der Waals surface area contributed by atoms with Crippen LogP contribution in [0.4, 0.5) is 5.82 Å². The van der Waals surface area contributed by atoms with E-state index in [9.17, 15) is 0 Å². The van der Waals surface area contributed by atoms with Crippen molar-refractivity contribution in [2.24, 2.45) is 0 Å². The van der Waals surface area contributed by atoms with Crippen molar-refractivity contribution in [1.29, 1.82) is 5.26 Å². The summed E-state index contributed by atoms with van der Waals surface area (Å²) in [5, 5.41) is 12.3. The van der Waals surface area contributed by atoms with Gasteiger partial charge in [-0.2, -0.15) is 5.26 Å². The molecule has 21 heavy (non-hydrogen) atoms. The summed E-state index contributed by atoms with van der Waals surface area (Å²) in [5.74, 6) is 1.20. The minimum atomic E-state index is 0.0874. The highest BCUT2D eigenvalue weighted by atomic mass is 16.5. The van der Waals surface area contributed by atoms with E-state index in [1.54, 1.807) is 12.3 Å². The molecule has 2 rings (SSSR count). The summed E-state index contributed by atoms with van der Waals surface area (Å²) in [6, 6.07) is 9.52. The van der Waals surface area contributed by atoms with Gasteiger partial charge in [-0.3, -0.25) is 0 Å². The van der Waals surface area contributed by atoms with Crippen LogP contribution in [0.15, 0.2) is 30.5 Å². The second kappa shape index (κ2) is 6.71. The van der Waals surface area contributed by atoms with E-state index in [2.05, 4.69) is 21.4 Å². The Labute approximate surface area is 124 Å². The first-order valence-electron chi connectivity index (χ1n) is 6.81. The van der Waals surface area contributed by atoms with Crippen LogP contribution in [-0.4, -0.2) is 16.1 Å². The number of nitrogens with one attached hydrogen (secondary N) is 1. The van der Waals surface area contributed by atoms with Gasteiger partial charge in [-0.05, 0) is 44.5 Å². The molecule has 2 aromatic heterocycles. The maximum absolute atomic E-state index is 9.09. The summed E-state index contributed by atoms with van der Waals surface area (Å²) >= 11 is 0. The van der Waals surface area contributed by atoms with Gasteiger partial charge in [0, 0.05) is 24.5 Å². The Morgan fingerprint density at radius 1 is 1.33 bits per heavy atom. The predicted octanol–water partition coefficient (Wildman–Crippen LogP) is 3.06. The van der Waals surface area contributed by atoms with E-state index < -0.39 is 0 Å². The number of nitrogens with zero attached hydrogens (tertiary/aromatic N) is 3. The van der Waals surface area contributed by atoms with Gasteiger partial charge in [0.2, 0.25) is 5.88 Å². The molecule has 0 aliphatic carbocycles. The molecule has 0 bridgehead atoms. The molecule has 0 amide bonds. The highest BCUT2D eigenvalue weighted by Gasteiger charge is 2.05. The number of anilines is 1. The molecular weight excluding hydrogens is 264 g/mol. The zero-order valence-corrected chi connectivity index (χ0v) is 12.4. The summed E-state index contributed by atoms with van der Waals surface area (Å²) in [4.78, 5) is 8.51. The zero-order valence-electron chi connectivity index (χ0n) is 12.4. The Bertz CT molecular complexity index is 662. The standard InChI is InChI=1S/C16H18N4O/c1-11(2)21-15-8-13(6-7-18-15)10-19-16-14(9-17)5-4-12(3)20-16/h4-8,11H,10H2,1-3H3,(H,19,20). The van der Waals surface area contributed by atoms with Gasteiger partial charge < -0.3 is 10.1 Å². The highest BCUT2D eigenvalue weighted by Crippen LogP contribution is 2.15. The Hall–Kier alpha value is -2.61. The summed E-state index contributed by atoms with van der Waals surface area (Å²) < 4.78 is 5.56. The molecule has 1 N–H and O–H groups in total. The molecule has 2 heterocycles. The maximum Gasteiger partial charge on any atom is 0.213 e. The van der Waals surface area contributed by atoms with Gasteiger partial charge in [0.25, 0.3) is 0 Å². The topological polar surface area (TPSA) is 70.8 Å². The van der Waals surface area contributed by atoms with Crippen molar-refractivity contribution in [3.05, 3.63) is 47.3 Å². The molecule has 0 aromatic carbocycles. The number of rotatable bonds is 5. The van der Waals surface area contributed by atoms with Crippen LogP contribution >= 0.6 is 0 Å². The molecule has 5 nitrogen and oxygen atoms in total. The van der Waals surface area contributed by atoms with E-state index in [0.29, 0.717) is 23.8 Å². The van der Waals surface area contributed by atoms with Gasteiger partial charge in [0.15, 0.2) is 0 Å². The van der Waals surface area contributed by atoms with Crippen molar-refractivity contribution in [2.45, 2.75) is 33.4 Å². The fourth-order valence-corrected chi connectivity index (χ4v) is 1.83. The number of aromatic nitrogens is 2. The summed E-state index contributed by atoms with van der Waals surface area (Å²) in [6.07, 6.45) is 1.80. The van der Waals surface area contributed by atoms with E-state index in [1.165, 1.54) is 0 Å². The Kier molecular flexibility index (Phi) is 4.72. The van der Waals surface area contributed by atoms with E-state index in [-0.39, 0.29) is 6.10 Å². The lowest BCUT2D eigenvalue weighted by Gasteiger charge is -2.11. The summed E-state index contributed by atoms with van der Waals surface area (Å²) in [5.41, 5.74) is 2.43. The van der Waals surface area contributed by atoms with Crippen LogP contribution in [0.25, 0.3) is 0 Å². The molecule has 0 saturated carbocycles. The van der Waals surface area contributed by atoms with Crippen LogP contribution < -0.4 is 10.1 Å². The Morgan fingerprint density at radius 3 is 2.86 bits per heavy atom. The van der Waals surface area contributed by atoms with Gasteiger partial charge in [-0.15, -0.1) is 0 Å².